The van der Waals surface area contributed by atoms with Gasteiger partial charge in [0.1, 0.15) is 0 Å². The zero-order valence-electron chi connectivity index (χ0n) is 16.5. The first-order valence-corrected chi connectivity index (χ1v) is 12.5. The molecule has 0 bridgehead atoms. The Bertz CT molecular complexity index is 455. The van der Waals surface area contributed by atoms with Crippen LogP contribution < -0.4 is 0 Å². The molecule has 1 nitrogen and oxygen atoms in total. The summed E-state index contributed by atoms with van der Waals surface area (Å²) in [7, 11) is -1.68. The van der Waals surface area contributed by atoms with Crippen LogP contribution >= 0.6 is 0 Å². The normalized spacial score (nSPS) is 36.3. The molecule has 0 aromatic rings. The summed E-state index contributed by atoms with van der Waals surface area (Å²) >= 11 is 0. The van der Waals surface area contributed by atoms with Crippen LogP contribution in [0.25, 0.3) is 0 Å². The van der Waals surface area contributed by atoms with E-state index in [1.54, 1.807) is 0 Å². The van der Waals surface area contributed by atoms with Gasteiger partial charge in [0.2, 0.25) is 0 Å². The zero-order chi connectivity index (χ0) is 17.5. The van der Waals surface area contributed by atoms with E-state index in [4.69, 9.17) is 10.8 Å². The van der Waals surface area contributed by atoms with E-state index in [0.29, 0.717) is 22.5 Å². The molecule has 0 saturated heterocycles. The lowest BCUT2D eigenvalue weighted by molar-refractivity contribution is -0.0198. The molecule has 2 aliphatic carbocycles. The summed E-state index contributed by atoms with van der Waals surface area (Å²) < 4.78 is 6.91. The molecule has 2 aliphatic rings. The summed E-state index contributed by atoms with van der Waals surface area (Å²) in [5.41, 5.74) is 0.446. The number of hydrogen-bond acceptors (Lipinski definition) is 1. The molecule has 5 atom stereocenters. The van der Waals surface area contributed by atoms with Gasteiger partial charge in [-0.3, -0.25) is 0 Å². The lowest BCUT2D eigenvalue weighted by Gasteiger charge is -2.49. The van der Waals surface area contributed by atoms with E-state index in [9.17, 15) is 0 Å². The Kier molecular flexibility index (Phi) is 5.44. The molecule has 0 unspecified atom stereocenters. The fourth-order valence-corrected chi connectivity index (χ4v) is 6.51. The highest BCUT2D eigenvalue weighted by molar-refractivity contribution is 6.74. The van der Waals surface area contributed by atoms with Crippen LogP contribution in [0.1, 0.15) is 73.1 Å². The quantitative estimate of drug-likeness (QED) is 0.436. The third-order valence-corrected chi connectivity index (χ3v) is 12.0. The Morgan fingerprint density at radius 3 is 2.48 bits per heavy atom. The molecule has 0 aliphatic heterocycles. The van der Waals surface area contributed by atoms with Crippen molar-refractivity contribution in [2.24, 2.45) is 23.2 Å². The van der Waals surface area contributed by atoms with Crippen molar-refractivity contribution >= 4 is 8.32 Å². The summed E-state index contributed by atoms with van der Waals surface area (Å²) in [6, 6.07) is 0. The zero-order valence-corrected chi connectivity index (χ0v) is 17.5. The van der Waals surface area contributed by atoms with Gasteiger partial charge in [0.25, 0.3) is 0 Å². The smallest absolute Gasteiger partial charge is 0.192 e. The molecule has 0 amide bonds. The van der Waals surface area contributed by atoms with E-state index < -0.39 is 8.32 Å². The molecule has 2 fully saturated rings. The van der Waals surface area contributed by atoms with Crippen molar-refractivity contribution in [2.45, 2.75) is 97.4 Å². The van der Waals surface area contributed by atoms with Crippen molar-refractivity contribution in [2.75, 3.05) is 0 Å². The van der Waals surface area contributed by atoms with E-state index in [0.717, 1.165) is 18.3 Å². The van der Waals surface area contributed by atoms with Crippen LogP contribution in [0.5, 0.6) is 0 Å². The first-order valence-electron chi connectivity index (χ1n) is 9.64. The number of hydrogen-bond donors (Lipinski definition) is 0. The van der Waals surface area contributed by atoms with Gasteiger partial charge >= 0.3 is 0 Å². The molecule has 0 N–H and O–H groups in total. The van der Waals surface area contributed by atoms with Crippen LogP contribution in [0.15, 0.2) is 0 Å². The fraction of sp³-hybridized carbons (Fsp3) is 0.905. The van der Waals surface area contributed by atoms with Gasteiger partial charge in [-0.1, -0.05) is 41.0 Å². The second-order valence-corrected chi connectivity index (χ2v) is 14.7. The van der Waals surface area contributed by atoms with Crippen molar-refractivity contribution in [1.29, 1.82) is 0 Å². The van der Waals surface area contributed by atoms with Gasteiger partial charge in [-0.2, -0.15) is 0 Å². The highest BCUT2D eigenvalue weighted by Crippen LogP contribution is 2.59. The first-order chi connectivity index (χ1) is 10.5. The molecular weight excluding hydrogens is 296 g/mol. The minimum Gasteiger partial charge on any atom is -0.414 e. The predicted octanol–water partition coefficient (Wildman–Crippen LogP) is 6.25. The summed E-state index contributed by atoms with van der Waals surface area (Å²) in [4.78, 5) is 0. The van der Waals surface area contributed by atoms with Crippen LogP contribution in [0.3, 0.4) is 0 Å². The third kappa shape index (κ3) is 3.56. The topological polar surface area (TPSA) is 9.23 Å². The minimum atomic E-state index is -1.68. The number of fused-ring (bicyclic) bond motifs is 1. The highest BCUT2D eigenvalue weighted by Gasteiger charge is 2.54. The van der Waals surface area contributed by atoms with Crippen molar-refractivity contribution in [3.63, 3.8) is 0 Å². The average molecular weight is 335 g/mol. The molecule has 0 aromatic carbocycles. The molecule has 0 aromatic heterocycles. The summed E-state index contributed by atoms with van der Waals surface area (Å²) in [6.07, 6.45) is 13.7. The standard InChI is InChI=1S/C21H38OSi/c1-9-11-16(2)17-13-14-18-19(12-10-15-21(17,18)6)22-23(7,8)20(3,4)5/h1,16-19H,10-15H2,2-8H3/t16-,17-,18+,19+,21-/m1/s1. The van der Waals surface area contributed by atoms with Gasteiger partial charge in [-0.25, -0.2) is 0 Å². The maximum absolute atomic E-state index is 6.91. The van der Waals surface area contributed by atoms with Crippen LogP contribution in [-0.4, -0.2) is 14.4 Å². The molecule has 23 heavy (non-hydrogen) atoms. The van der Waals surface area contributed by atoms with Gasteiger partial charge in [0.05, 0.1) is 0 Å². The lowest BCUT2D eigenvalue weighted by Crippen LogP contribution is -2.50. The molecule has 0 spiro atoms. The monoisotopic (exact) mass is 334 g/mol. The van der Waals surface area contributed by atoms with Gasteiger partial charge in [-0.05, 0) is 67.0 Å². The third-order valence-electron chi connectivity index (χ3n) is 7.51. The van der Waals surface area contributed by atoms with E-state index in [-0.39, 0.29) is 0 Å². The summed E-state index contributed by atoms with van der Waals surface area (Å²) in [5.74, 6) is 5.09. The van der Waals surface area contributed by atoms with Crippen molar-refractivity contribution < 1.29 is 4.43 Å². The number of terminal acetylenes is 1. The Balaban J connectivity index is 2.17. The molecule has 2 heteroatoms. The Hall–Kier alpha value is -0.263. The van der Waals surface area contributed by atoms with Crippen molar-refractivity contribution in [3.05, 3.63) is 0 Å². The molecule has 0 radical (unpaired) electrons. The Labute approximate surface area is 146 Å². The maximum Gasteiger partial charge on any atom is 0.192 e. The fourth-order valence-electron chi connectivity index (χ4n) is 5.12. The SMILES string of the molecule is C#CC[C@@H](C)[C@H]1CC[C@H]2[C@@H](O[Si](C)(C)C(C)(C)C)CCC[C@]12C. The molecule has 132 valence electrons. The Morgan fingerprint density at radius 2 is 1.91 bits per heavy atom. The molecule has 2 saturated carbocycles. The molecule has 0 heterocycles. The first kappa shape index (κ1) is 19.1. The second-order valence-electron chi connectivity index (χ2n) is 9.99. The van der Waals surface area contributed by atoms with E-state index in [2.05, 4.69) is 53.6 Å². The van der Waals surface area contributed by atoms with Crippen LogP contribution in [0.4, 0.5) is 0 Å². The molecule has 2 rings (SSSR count). The van der Waals surface area contributed by atoms with E-state index in [1.807, 2.05) is 0 Å². The van der Waals surface area contributed by atoms with Crippen molar-refractivity contribution in [1.82, 2.24) is 0 Å². The summed E-state index contributed by atoms with van der Waals surface area (Å²) in [5, 5.41) is 0.301. The minimum absolute atomic E-state index is 0.301. The molecular formula is C21H38OSi. The maximum atomic E-state index is 6.91. The van der Waals surface area contributed by atoms with Gasteiger partial charge in [0, 0.05) is 12.5 Å². The average Bonchev–Trinajstić information content (AvgIpc) is 2.75. The predicted molar refractivity (Wildman–Crippen MR) is 103 cm³/mol. The largest absolute Gasteiger partial charge is 0.414 e. The van der Waals surface area contributed by atoms with Crippen molar-refractivity contribution in [3.8, 4) is 12.3 Å². The lowest BCUT2D eigenvalue weighted by atomic mass is 9.61. The van der Waals surface area contributed by atoms with E-state index >= 15 is 0 Å². The van der Waals surface area contributed by atoms with Gasteiger partial charge in [-0.15, -0.1) is 12.3 Å². The Morgan fingerprint density at radius 1 is 1.26 bits per heavy atom. The highest BCUT2D eigenvalue weighted by atomic mass is 28.4. The van der Waals surface area contributed by atoms with Gasteiger partial charge < -0.3 is 4.43 Å². The van der Waals surface area contributed by atoms with E-state index in [1.165, 1.54) is 32.1 Å². The van der Waals surface area contributed by atoms with Crippen LogP contribution in [-0.2, 0) is 4.43 Å². The van der Waals surface area contributed by atoms with Gasteiger partial charge in [0.15, 0.2) is 8.32 Å². The number of rotatable bonds is 4. The summed E-state index contributed by atoms with van der Waals surface area (Å²) in [6.45, 7) is 16.8. The van der Waals surface area contributed by atoms with Crippen LogP contribution in [0.2, 0.25) is 18.1 Å². The van der Waals surface area contributed by atoms with Crippen LogP contribution in [0, 0.1) is 35.5 Å². The second kappa shape index (κ2) is 6.56.